The normalized spacial score (nSPS) is 10.8. The number of hydrogen-bond acceptors (Lipinski definition) is 2. The zero-order valence-electron chi connectivity index (χ0n) is 12.5. The summed E-state index contributed by atoms with van der Waals surface area (Å²) in [6, 6.07) is 21.3. The van der Waals surface area contributed by atoms with E-state index in [0.29, 0.717) is 6.54 Å². The Morgan fingerprint density at radius 1 is 0.905 bits per heavy atom. The second-order valence-corrected chi connectivity index (χ2v) is 5.39. The number of hydrogen-bond donors (Lipinski definition) is 1. The van der Waals surface area contributed by atoms with Crippen LogP contribution in [0.25, 0.3) is 10.8 Å². The van der Waals surface area contributed by atoms with Gasteiger partial charge in [0.05, 0.1) is 0 Å². The van der Waals surface area contributed by atoms with Crippen molar-refractivity contribution in [2.24, 2.45) is 5.73 Å². The molecule has 0 fully saturated rings. The van der Waals surface area contributed by atoms with Crippen molar-refractivity contribution >= 4 is 22.1 Å². The van der Waals surface area contributed by atoms with E-state index >= 15 is 0 Å². The second-order valence-electron chi connectivity index (χ2n) is 5.39. The molecule has 3 rings (SSSR count). The predicted octanol–water partition coefficient (Wildman–Crippen LogP) is 4.37. The van der Waals surface area contributed by atoms with Gasteiger partial charge in [0, 0.05) is 30.4 Å². The van der Waals surface area contributed by atoms with E-state index in [-0.39, 0.29) is 0 Å². The topological polar surface area (TPSA) is 29.3 Å². The molecule has 0 aliphatic carbocycles. The number of fused-ring (bicyclic) bond motifs is 1. The monoisotopic (exact) mass is 276 g/mol. The standard InChI is InChI=1S/C19H20N2/c1-14-6-5-7-16(12-14)21(2)19-11-10-15(13-20)17-8-3-4-9-18(17)19/h3-12H,13,20H2,1-2H3. The van der Waals surface area contributed by atoms with Crippen molar-refractivity contribution in [1.82, 2.24) is 0 Å². The molecule has 0 unspecified atom stereocenters. The van der Waals surface area contributed by atoms with Gasteiger partial charge in [0.1, 0.15) is 0 Å². The molecule has 0 aliphatic heterocycles. The van der Waals surface area contributed by atoms with Crippen molar-refractivity contribution in [2.45, 2.75) is 13.5 Å². The molecule has 0 spiro atoms. The average Bonchev–Trinajstić information content (AvgIpc) is 2.53. The van der Waals surface area contributed by atoms with Gasteiger partial charge in [0.2, 0.25) is 0 Å². The first-order valence-corrected chi connectivity index (χ1v) is 7.22. The largest absolute Gasteiger partial charge is 0.344 e. The maximum atomic E-state index is 5.86. The van der Waals surface area contributed by atoms with Gasteiger partial charge in [-0.25, -0.2) is 0 Å². The number of anilines is 2. The van der Waals surface area contributed by atoms with Crippen LogP contribution in [0.4, 0.5) is 11.4 Å². The molecular formula is C19H20N2. The molecule has 0 amide bonds. The Morgan fingerprint density at radius 2 is 1.67 bits per heavy atom. The highest BCUT2D eigenvalue weighted by Crippen LogP contribution is 2.33. The van der Waals surface area contributed by atoms with Crippen LogP contribution < -0.4 is 10.6 Å². The highest BCUT2D eigenvalue weighted by molar-refractivity contribution is 5.98. The van der Waals surface area contributed by atoms with Crippen LogP contribution in [0.3, 0.4) is 0 Å². The molecule has 2 N–H and O–H groups in total. The fourth-order valence-electron chi connectivity index (χ4n) is 2.79. The summed E-state index contributed by atoms with van der Waals surface area (Å²) in [6.45, 7) is 2.68. The molecule has 106 valence electrons. The Hall–Kier alpha value is -2.32. The maximum absolute atomic E-state index is 5.86. The molecule has 21 heavy (non-hydrogen) atoms. The van der Waals surface area contributed by atoms with Crippen LogP contribution in [-0.4, -0.2) is 7.05 Å². The van der Waals surface area contributed by atoms with Crippen LogP contribution in [0.2, 0.25) is 0 Å². The van der Waals surface area contributed by atoms with Gasteiger partial charge in [-0.05, 0) is 41.6 Å². The quantitative estimate of drug-likeness (QED) is 0.769. The third-order valence-electron chi connectivity index (χ3n) is 3.96. The molecule has 2 nitrogen and oxygen atoms in total. The number of rotatable bonds is 3. The van der Waals surface area contributed by atoms with Crippen molar-refractivity contribution in [3.05, 3.63) is 71.8 Å². The average molecular weight is 276 g/mol. The van der Waals surface area contributed by atoms with E-state index in [1.165, 1.54) is 33.3 Å². The molecule has 0 aromatic heterocycles. The van der Waals surface area contributed by atoms with Crippen molar-refractivity contribution < 1.29 is 0 Å². The van der Waals surface area contributed by atoms with Gasteiger partial charge in [-0.1, -0.05) is 42.5 Å². The number of nitrogens with two attached hydrogens (primary N) is 1. The zero-order valence-corrected chi connectivity index (χ0v) is 12.5. The van der Waals surface area contributed by atoms with E-state index in [1.54, 1.807) is 0 Å². The fraction of sp³-hybridized carbons (Fsp3) is 0.158. The molecule has 0 radical (unpaired) electrons. The van der Waals surface area contributed by atoms with Gasteiger partial charge in [-0.15, -0.1) is 0 Å². The summed E-state index contributed by atoms with van der Waals surface area (Å²) in [6.07, 6.45) is 0. The summed E-state index contributed by atoms with van der Waals surface area (Å²) in [4.78, 5) is 2.23. The third-order valence-corrected chi connectivity index (χ3v) is 3.96. The number of nitrogens with zero attached hydrogens (tertiary/aromatic N) is 1. The first kappa shape index (κ1) is 13.7. The molecule has 0 atom stereocenters. The minimum atomic E-state index is 0.564. The van der Waals surface area contributed by atoms with Crippen LogP contribution in [-0.2, 0) is 6.54 Å². The highest BCUT2D eigenvalue weighted by atomic mass is 15.1. The van der Waals surface area contributed by atoms with Crippen LogP contribution in [0.5, 0.6) is 0 Å². The van der Waals surface area contributed by atoms with E-state index in [1.807, 2.05) is 0 Å². The van der Waals surface area contributed by atoms with Gasteiger partial charge >= 0.3 is 0 Å². The molecule has 0 aliphatic rings. The van der Waals surface area contributed by atoms with Crippen LogP contribution in [0.1, 0.15) is 11.1 Å². The molecule has 3 aromatic carbocycles. The van der Waals surface area contributed by atoms with Crippen molar-refractivity contribution in [3.8, 4) is 0 Å². The lowest BCUT2D eigenvalue weighted by Crippen LogP contribution is -2.10. The first-order chi connectivity index (χ1) is 10.2. The summed E-state index contributed by atoms with van der Waals surface area (Å²) < 4.78 is 0. The smallest absolute Gasteiger partial charge is 0.0487 e. The SMILES string of the molecule is Cc1cccc(N(C)c2ccc(CN)c3ccccc23)c1. The molecule has 3 aromatic rings. The number of aryl methyl sites for hydroxylation is 1. The van der Waals surface area contributed by atoms with E-state index in [4.69, 9.17) is 5.73 Å². The minimum absolute atomic E-state index is 0.564. The third kappa shape index (κ3) is 2.50. The van der Waals surface area contributed by atoms with Crippen LogP contribution in [0, 0.1) is 6.92 Å². The van der Waals surface area contributed by atoms with E-state index < -0.39 is 0 Å². The molecule has 0 saturated carbocycles. The zero-order chi connectivity index (χ0) is 14.8. The minimum Gasteiger partial charge on any atom is -0.344 e. The van der Waals surface area contributed by atoms with Crippen molar-refractivity contribution in [1.29, 1.82) is 0 Å². The lowest BCUT2D eigenvalue weighted by atomic mass is 10.0. The predicted molar refractivity (Wildman–Crippen MR) is 91.1 cm³/mol. The summed E-state index contributed by atoms with van der Waals surface area (Å²) in [5.41, 5.74) is 10.7. The summed E-state index contributed by atoms with van der Waals surface area (Å²) in [5.74, 6) is 0. The Labute approximate surface area is 125 Å². The number of benzene rings is 3. The lowest BCUT2D eigenvalue weighted by molar-refractivity contribution is 1.08. The van der Waals surface area contributed by atoms with E-state index in [2.05, 4.69) is 79.5 Å². The van der Waals surface area contributed by atoms with Gasteiger partial charge in [-0.2, -0.15) is 0 Å². The molecule has 2 heteroatoms. The Bertz CT molecular complexity index is 777. The van der Waals surface area contributed by atoms with E-state index in [0.717, 1.165) is 0 Å². The fourth-order valence-corrected chi connectivity index (χ4v) is 2.79. The molecule has 0 saturated heterocycles. The Kier molecular flexibility index (Phi) is 3.63. The maximum Gasteiger partial charge on any atom is 0.0487 e. The van der Waals surface area contributed by atoms with Crippen LogP contribution >= 0.6 is 0 Å². The lowest BCUT2D eigenvalue weighted by Gasteiger charge is -2.22. The van der Waals surface area contributed by atoms with Gasteiger partial charge in [0.25, 0.3) is 0 Å². The summed E-state index contributed by atoms with van der Waals surface area (Å²) >= 11 is 0. The highest BCUT2D eigenvalue weighted by Gasteiger charge is 2.10. The Morgan fingerprint density at radius 3 is 2.38 bits per heavy atom. The van der Waals surface area contributed by atoms with Gasteiger partial charge < -0.3 is 10.6 Å². The van der Waals surface area contributed by atoms with Crippen molar-refractivity contribution in [3.63, 3.8) is 0 Å². The van der Waals surface area contributed by atoms with Gasteiger partial charge in [-0.3, -0.25) is 0 Å². The van der Waals surface area contributed by atoms with E-state index in [9.17, 15) is 0 Å². The molecule has 0 heterocycles. The second kappa shape index (κ2) is 5.58. The summed E-state index contributed by atoms with van der Waals surface area (Å²) in [7, 11) is 2.11. The Balaban J connectivity index is 2.17. The van der Waals surface area contributed by atoms with Crippen LogP contribution in [0.15, 0.2) is 60.7 Å². The summed E-state index contributed by atoms with van der Waals surface area (Å²) in [5, 5.41) is 2.47. The van der Waals surface area contributed by atoms with Crippen molar-refractivity contribution in [2.75, 3.05) is 11.9 Å². The first-order valence-electron chi connectivity index (χ1n) is 7.22. The molecule has 0 bridgehead atoms. The molecular weight excluding hydrogens is 256 g/mol. The van der Waals surface area contributed by atoms with Gasteiger partial charge in [0.15, 0.2) is 0 Å².